The first kappa shape index (κ1) is 10.7. The molecule has 0 aliphatic carbocycles. The molecule has 0 radical (unpaired) electrons. The van der Waals surface area contributed by atoms with Crippen LogP contribution in [0.5, 0.6) is 0 Å². The molecule has 1 aromatic heterocycles. The predicted molar refractivity (Wildman–Crippen MR) is 65.0 cm³/mol. The molecule has 1 fully saturated rings. The second kappa shape index (κ2) is 4.47. The van der Waals surface area contributed by atoms with Crippen LogP contribution in [0.3, 0.4) is 0 Å². The van der Waals surface area contributed by atoms with Crippen LogP contribution in [0.4, 0.5) is 0 Å². The average molecular weight is 250 g/mol. The minimum Gasteiger partial charge on any atom is -0.334 e. The fraction of sp³-hybridized carbons (Fsp3) is 0.333. The van der Waals surface area contributed by atoms with Crippen LogP contribution in [0.1, 0.15) is 18.2 Å². The Morgan fingerprint density at radius 1 is 1.35 bits per heavy atom. The lowest BCUT2D eigenvalue weighted by Crippen LogP contribution is -2.08. The highest BCUT2D eigenvalue weighted by atomic mass is 35.5. The predicted octanol–water partition coefficient (Wildman–Crippen LogP) is 2.47. The molecule has 1 aromatic carbocycles. The second-order valence-electron chi connectivity index (χ2n) is 4.13. The Morgan fingerprint density at radius 2 is 2.24 bits per heavy atom. The number of benzene rings is 1. The minimum atomic E-state index is 0.356. The summed E-state index contributed by atoms with van der Waals surface area (Å²) >= 11 is 6.09. The van der Waals surface area contributed by atoms with E-state index in [1.165, 1.54) is 0 Å². The smallest absolute Gasteiger partial charge is 0.259 e. The molecule has 0 saturated carbocycles. The topological polar surface area (TPSA) is 51.0 Å². The fourth-order valence-corrected chi connectivity index (χ4v) is 2.24. The van der Waals surface area contributed by atoms with Crippen molar-refractivity contribution in [1.82, 2.24) is 15.5 Å². The van der Waals surface area contributed by atoms with Crippen LogP contribution in [0.15, 0.2) is 28.8 Å². The van der Waals surface area contributed by atoms with Crippen LogP contribution in [-0.4, -0.2) is 23.2 Å². The van der Waals surface area contributed by atoms with Crippen LogP contribution in [0.2, 0.25) is 5.02 Å². The Bertz CT molecular complexity index is 520. The summed E-state index contributed by atoms with van der Waals surface area (Å²) in [5, 5.41) is 7.95. The van der Waals surface area contributed by atoms with E-state index in [4.69, 9.17) is 16.1 Å². The third-order valence-corrected chi connectivity index (χ3v) is 3.30. The molecule has 88 valence electrons. The molecule has 5 heteroatoms. The number of rotatable bonds is 2. The Balaban J connectivity index is 1.92. The fourth-order valence-electron chi connectivity index (χ4n) is 2.02. The summed E-state index contributed by atoms with van der Waals surface area (Å²) in [7, 11) is 0. The van der Waals surface area contributed by atoms with E-state index in [2.05, 4.69) is 15.5 Å². The molecule has 1 N–H and O–H groups in total. The zero-order chi connectivity index (χ0) is 11.7. The molecular weight excluding hydrogens is 238 g/mol. The van der Waals surface area contributed by atoms with Gasteiger partial charge in [-0.15, -0.1) is 0 Å². The second-order valence-corrected chi connectivity index (χ2v) is 4.53. The standard InChI is InChI=1S/C12H12ClN3O/c13-10-4-2-1-3-9(10)12-15-11(16-17-12)8-5-6-14-7-8/h1-4,8,14H,5-7H2/t8-/m0/s1. The molecule has 1 saturated heterocycles. The zero-order valence-corrected chi connectivity index (χ0v) is 9.94. The first-order valence-corrected chi connectivity index (χ1v) is 6.01. The number of hydrogen-bond acceptors (Lipinski definition) is 4. The Labute approximate surface area is 104 Å². The first-order chi connectivity index (χ1) is 8.34. The Morgan fingerprint density at radius 3 is 3.00 bits per heavy atom. The van der Waals surface area contributed by atoms with Crippen molar-refractivity contribution in [3.8, 4) is 11.5 Å². The van der Waals surface area contributed by atoms with E-state index >= 15 is 0 Å². The maximum absolute atomic E-state index is 6.09. The molecule has 1 aliphatic rings. The molecule has 2 heterocycles. The summed E-state index contributed by atoms with van der Waals surface area (Å²) < 4.78 is 5.27. The highest BCUT2D eigenvalue weighted by molar-refractivity contribution is 6.33. The third-order valence-electron chi connectivity index (χ3n) is 2.97. The van der Waals surface area contributed by atoms with E-state index in [9.17, 15) is 0 Å². The summed E-state index contributed by atoms with van der Waals surface area (Å²) in [6.07, 6.45) is 1.06. The monoisotopic (exact) mass is 249 g/mol. The van der Waals surface area contributed by atoms with Crippen LogP contribution in [-0.2, 0) is 0 Å². The molecule has 0 amide bonds. The molecule has 1 aliphatic heterocycles. The van der Waals surface area contributed by atoms with Crippen molar-refractivity contribution >= 4 is 11.6 Å². The summed E-state index contributed by atoms with van der Waals surface area (Å²) in [5.74, 6) is 1.62. The lowest BCUT2D eigenvalue weighted by Gasteiger charge is -1.99. The SMILES string of the molecule is Clc1ccccc1-c1nc([C@H]2CCNC2)no1. The Hall–Kier alpha value is -1.39. The molecule has 2 aromatic rings. The van der Waals surface area contributed by atoms with Gasteiger partial charge in [0.25, 0.3) is 5.89 Å². The first-order valence-electron chi connectivity index (χ1n) is 5.64. The molecular formula is C12H12ClN3O. The van der Waals surface area contributed by atoms with Gasteiger partial charge in [-0.05, 0) is 25.1 Å². The van der Waals surface area contributed by atoms with E-state index in [-0.39, 0.29) is 0 Å². The summed E-state index contributed by atoms with van der Waals surface area (Å²) in [4.78, 5) is 4.42. The lowest BCUT2D eigenvalue weighted by molar-refractivity contribution is 0.417. The third kappa shape index (κ3) is 2.06. The van der Waals surface area contributed by atoms with E-state index in [0.29, 0.717) is 16.8 Å². The highest BCUT2D eigenvalue weighted by Crippen LogP contribution is 2.28. The Kier molecular flexibility index (Phi) is 2.82. The van der Waals surface area contributed by atoms with Gasteiger partial charge in [0.05, 0.1) is 10.6 Å². The zero-order valence-electron chi connectivity index (χ0n) is 9.19. The number of halogens is 1. The van der Waals surface area contributed by atoms with Crippen LogP contribution in [0.25, 0.3) is 11.5 Å². The number of nitrogens with one attached hydrogen (secondary N) is 1. The lowest BCUT2D eigenvalue weighted by atomic mass is 10.1. The minimum absolute atomic E-state index is 0.356. The molecule has 0 bridgehead atoms. The molecule has 1 atom stereocenters. The average Bonchev–Trinajstić information content (AvgIpc) is 3.00. The van der Waals surface area contributed by atoms with Crippen LogP contribution in [0, 0.1) is 0 Å². The molecule has 0 unspecified atom stereocenters. The van der Waals surface area contributed by atoms with Crippen molar-refractivity contribution in [2.75, 3.05) is 13.1 Å². The van der Waals surface area contributed by atoms with Gasteiger partial charge in [0, 0.05) is 12.5 Å². The van der Waals surface area contributed by atoms with Crippen molar-refractivity contribution < 1.29 is 4.52 Å². The van der Waals surface area contributed by atoms with Gasteiger partial charge in [0.15, 0.2) is 5.82 Å². The van der Waals surface area contributed by atoms with E-state index in [1.54, 1.807) is 0 Å². The van der Waals surface area contributed by atoms with Crippen LogP contribution >= 0.6 is 11.6 Å². The van der Waals surface area contributed by atoms with Crippen molar-refractivity contribution in [2.24, 2.45) is 0 Å². The van der Waals surface area contributed by atoms with Crippen LogP contribution < -0.4 is 5.32 Å². The van der Waals surface area contributed by atoms with E-state index < -0.39 is 0 Å². The van der Waals surface area contributed by atoms with Crippen molar-refractivity contribution in [1.29, 1.82) is 0 Å². The number of hydrogen-bond donors (Lipinski definition) is 1. The summed E-state index contributed by atoms with van der Waals surface area (Å²) in [6, 6.07) is 7.48. The van der Waals surface area contributed by atoms with Crippen molar-refractivity contribution in [3.05, 3.63) is 35.1 Å². The normalized spacial score (nSPS) is 19.7. The summed E-state index contributed by atoms with van der Waals surface area (Å²) in [5.41, 5.74) is 0.791. The van der Waals surface area contributed by atoms with Crippen molar-refractivity contribution in [3.63, 3.8) is 0 Å². The molecule has 4 nitrogen and oxygen atoms in total. The van der Waals surface area contributed by atoms with Gasteiger partial charge in [-0.2, -0.15) is 4.98 Å². The maximum Gasteiger partial charge on any atom is 0.259 e. The van der Waals surface area contributed by atoms with Gasteiger partial charge < -0.3 is 9.84 Å². The van der Waals surface area contributed by atoms with Gasteiger partial charge in [-0.3, -0.25) is 0 Å². The number of nitrogens with zero attached hydrogens (tertiary/aromatic N) is 2. The van der Waals surface area contributed by atoms with Gasteiger partial charge in [-0.1, -0.05) is 28.9 Å². The molecule has 17 heavy (non-hydrogen) atoms. The van der Waals surface area contributed by atoms with E-state index in [1.807, 2.05) is 24.3 Å². The summed E-state index contributed by atoms with van der Waals surface area (Å²) in [6.45, 7) is 1.93. The number of aromatic nitrogens is 2. The largest absolute Gasteiger partial charge is 0.334 e. The van der Waals surface area contributed by atoms with E-state index in [0.717, 1.165) is 30.9 Å². The maximum atomic E-state index is 6.09. The van der Waals surface area contributed by atoms with Gasteiger partial charge in [0.1, 0.15) is 0 Å². The van der Waals surface area contributed by atoms with Gasteiger partial charge in [0.2, 0.25) is 0 Å². The van der Waals surface area contributed by atoms with Gasteiger partial charge >= 0.3 is 0 Å². The quantitative estimate of drug-likeness (QED) is 0.888. The van der Waals surface area contributed by atoms with Crippen molar-refractivity contribution in [2.45, 2.75) is 12.3 Å². The highest BCUT2D eigenvalue weighted by Gasteiger charge is 2.22. The molecule has 3 rings (SSSR count). The van der Waals surface area contributed by atoms with Gasteiger partial charge in [-0.25, -0.2) is 0 Å². The molecule has 0 spiro atoms.